The van der Waals surface area contributed by atoms with E-state index >= 15 is 0 Å². The molecule has 1 aromatic heterocycles. The molecule has 3 nitrogen and oxygen atoms in total. The largest absolute Gasteiger partial charge is 0.477 e. The summed E-state index contributed by atoms with van der Waals surface area (Å²) in [5, 5.41) is 9.18. The van der Waals surface area contributed by atoms with Crippen molar-refractivity contribution in [1.82, 2.24) is 4.57 Å². The normalized spacial score (nSPS) is 10.9. The number of aromatic carboxylic acids is 1. The van der Waals surface area contributed by atoms with Gasteiger partial charge in [0.2, 0.25) is 0 Å². The Morgan fingerprint density at radius 1 is 1.26 bits per heavy atom. The Hall–Kier alpha value is -2.03. The Bertz CT molecular complexity index is 597. The monoisotopic (exact) mass is 257 g/mol. The van der Waals surface area contributed by atoms with E-state index in [1.807, 2.05) is 29.7 Å². The van der Waals surface area contributed by atoms with E-state index in [0.717, 1.165) is 11.3 Å². The molecule has 0 unspecified atom stereocenters. The predicted molar refractivity (Wildman–Crippen MR) is 76.6 cm³/mol. The third-order valence-electron chi connectivity index (χ3n) is 3.37. The number of hydrogen-bond acceptors (Lipinski definition) is 1. The van der Waals surface area contributed by atoms with Crippen molar-refractivity contribution in [2.75, 3.05) is 0 Å². The van der Waals surface area contributed by atoms with Crippen molar-refractivity contribution in [3.63, 3.8) is 0 Å². The molecule has 0 bridgehead atoms. The second-order valence-corrected chi connectivity index (χ2v) is 4.93. The van der Waals surface area contributed by atoms with E-state index in [-0.39, 0.29) is 0 Å². The molecule has 2 aromatic rings. The van der Waals surface area contributed by atoms with Crippen LogP contribution in [0.5, 0.6) is 0 Å². The quantitative estimate of drug-likeness (QED) is 0.899. The Kier molecular flexibility index (Phi) is 3.74. The van der Waals surface area contributed by atoms with Gasteiger partial charge in [-0.25, -0.2) is 4.79 Å². The first-order valence-corrected chi connectivity index (χ1v) is 6.57. The average Bonchev–Trinajstić information content (AvgIpc) is 2.82. The molecule has 0 amide bonds. The zero-order valence-corrected chi connectivity index (χ0v) is 11.6. The molecular formula is C16H19NO2. The molecule has 1 N–H and O–H groups in total. The second kappa shape index (κ2) is 5.31. The van der Waals surface area contributed by atoms with E-state index in [4.69, 9.17) is 0 Å². The molecule has 1 aromatic carbocycles. The van der Waals surface area contributed by atoms with Crippen molar-refractivity contribution in [1.29, 1.82) is 0 Å². The van der Waals surface area contributed by atoms with Gasteiger partial charge >= 0.3 is 5.97 Å². The minimum absolute atomic E-state index is 0.340. The Balaban J connectivity index is 2.53. The van der Waals surface area contributed by atoms with Gasteiger partial charge in [0.05, 0.1) is 0 Å². The standard InChI is InChI=1S/C16H19NO2/c1-4-17-14(8-9-15(17)16(18)19)13-7-5-6-12(10-13)11(2)3/h5-11H,4H2,1-3H3,(H,18,19). The van der Waals surface area contributed by atoms with E-state index in [2.05, 4.69) is 26.0 Å². The molecule has 0 aliphatic carbocycles. The van der Waals surface area contributed by atoms with E-state index < -0.39 is 5.97 Å². The number of nitrogens with zero attached hydrogens (tertiary/aromatic N) is 1. The van der Waals surface area contributed by atoms with Crippen LogP contribution in [0.4, 0.5) is 0 Å². The Morgan fingerprint density at radius 2 is 2.00 bits per heavy atom. The third kappa shape index (κ3) is 2.55. The van der Waals surface area contributed by atoms with Gasteiger partial charge < -0.3 is 9.67 Å². The molecule has 0 fully saturated rings. The average molecular weight is 257 g/mol. The summed E-state index contributed by atoms with van der Waals surface area (Å²) in [6.07, 6.45) is 0. The van der Waals surface area contributed by atoms with Crippen LogP contribution in [0, 0.1) is 0 Å². The molecule has 0 atom stereocenters. The van der Waals surface area contributed by atoms with Crippen LogP contribution in [0.15, 0.2) is 36.4 Å². The minimum Gasteiger partial charge on any atom is -0.477 e. The minimum atomic E-state index is -0.881. The highest BCUT2D eigenvalue weighted by molar-refractivity contribution is 5.87. The van der Waals surface area contributed by atoms with Crippen LogP contribution in [0.3, 0.4) is 0 Å². The molecule has 0 spiro atoms. The summed E-state index contributed by atoms with van der Waals surface area (Å²) in [6, 6.07) is 11.8. The Morgan fingerprint density at radius 3 is 2.58 bits per heavy atom. The fraction of sp³-hybridized carbons (Fsp3) is 0.312. The summed E-state index contributed by atoms with van der Waals surface area (Å²) < 4.78 is 1.84. The molecule has 19 heavy (non-hydrogen) atoms. The van der Waals surface area contributed by atoms with E-state index in [9.17, 15) is 9.90 Å². The van der Waals surface area contributed by atoms with Crippen LogP contribution in [0.25, 0.3) is 11.3 Å². The molecule has 0 saturated heterocycles. The SMILES string of the molecule is CCn1c(C(=O)O)ccc1-c1cccc(C(C)C)c1. The lowest BCUT2D eigenvalue weighted by molar-refractivity contribution is 0.0685. The summed E-state index contributed by atoms with van der Waals surface area (Å²) in [4.78, 5) is 11.2. The lowest BCUT2D eigenvalue weighted by atomic mass is 10.00. The van der Waals surface area contributed by atoms with Gasteiger partial charge in [-0.3, -0.25) is 0 Å². The van der Waals surface area contributed by atoms with Crippen molar-refractivity contribution in [2.45, 2.75) is 33.2 Å². The van der Waals surface area contributed by atoms with Crippen molar-refractivity contribution < 1.29 is 9.90 Å². The lowest BCUT2D eigenvalue weighted by Gasteiger charge is -2.11. The van der Waals surface area contributed by atoms with Gasteiger partial charge in [0.15, 0.2) is 0 Å². The summed E-state index contributed by atoms with van der Waals surface area (Å²) >= 11 is 0. The highest BCUT2D eigenvalue weighted by atomic mass is 16.4. The molecule has 100 valence electrons. The first kappa shape index (κ1) is 13.4. The molecule has 3 heteroatoms. The van der Waals surface area contributed by atoms with Crippen LogP contribution in [0.1, 0.15) is 42.7 Å². The molecule has 0 saturated carbocycles. The fourth-order valence-corrected chi connectivity index (χ4v) is 2.30. The number of rotatable bonds is 4. The molecule has 0 radical (unpaired) electrons. The lowest BCUT2D eigenvalue weighted by Crippen LogP contribution is -2.08. The van der Waals surface area contributed by atoms with Gasteiger partial charge in [0.1, 0.15) is 5.69 Å². The molecule has 2 rings (SSSR count). The first-order chi connectivity index (χ1) is 9.04. The highest BCUT2D eigenvalue weighted by Gasteiger charge is 2.14. The summed E-state index contributed by atoms with van der Waals surface area (Å²) in [5.74, 6) is -0.419. The smallest absolute Gasteiger partial charge is 0.352 e. The second-order valence-electron chi connectivity index (χ2n) is 4.93. The maximum atomic E-state index is 11.2. The highest BCUT2D eigenvalue weighted by Crippen LogP contribution is 2.26. The van der Waals surface area contributed by atoms with Gasteiger partial charge in [0.25, 0.3) is 0 Å². The predicted octanol–water partition coefficient (Wildman–Crippen LogP) is 4.00. The van der Waals surface area contributed by atoms with Gasteiger partial charge in [-0.1, -0.05) is 32.0 Å². The molecule has 0 aliphatic heterocycles. The van der Waals surface area contributed by atoms with Crippen LogP contribution < -0.4 is 0 Å². The number of benzene rings is 1. The fourth-order valence-electron chi connectivity index (χ4n) is 2.30. The maximum absolute atomic E-state index is 11.2. The summed E-state index contributed by atoms with van der Waals surface area (Å²) in [5.41, 5.74) is 3.63. The molecule has 1 heterocycles. The number of carboxylic acid groups (broad SMARTS) is 1. The number of aromatic nitrogens is 1. The number of carbonyl (C=O) groups is 1. The van der Waals surface area contributed by atoms with E-state index in [1.54, 1.807) is 6.07 Å². The van der Waals surface area contributed by atoms with E-state index in [1.165, 1.54) is 5.56 Å². The molecular weight excluding hydrogens is 238 g/mol. The van der Waals surface area contributed by atoms with Crippen LogP contribution in [-0.4, -0.2) is 15.6 Å². The first-order valence-electron chi connectivity index (χ1n) is 6.57. The van der Waals surface area contributed by atoms with Crippen LogP contribution in [-0.2, 0) is 6.54 Å². The van der Waals surface area contributed by atoms with Crippen molar-refractivity contribution in [3.05, 3.63) is 47.7 Å². The van der Waals surface area contributed by atoms with Crippen molar-refractivity contribution >= 4 is 5.97 Å². The number of hydrogen-bond donors (Lipinski definition) is 1. The van der Waals surface area contributed by atoms with Crippen molar-refractivity contribution in [3.8, 4) is 11.3 Å². The zero-order valence-electron chi connectivity index (χ0n) is 11.6. The number of carboxylic acids is 1. The van der Waals surface area contributed by atoms with Crippen molar-refractivity contribution in [2.24, 2.45) is 0 Å². The van der Waals surface area contributed by atoms with Gasteiger partial charge in [0, 0.05) is 12.2 Å². The van der Waals surface area contributed by atoms with Gasteiger partial charge in [-0.05, 0) is 42.2 Å². The van der Waals surface area contributed by atoms with Gasteiger partial charge in [-0.15, -0.1) is 0 Å². The topological polar surface area (TPSA) is 42.2 Å². The summed E-state index contributed by atoms with van der Waals surface area (Å²) in [7, 11) is 0. The van der Waals surface area contributed by atoms with Gasteiger partial charge in [-0.2, -0.15) is 0 Å². The zero-order chi connectivity index (χ0) is 14.0. The van der Waals surface area contributed by atoms with Crippen LogP contribution >= 0.6 is 0 Å². The van der Waals surface area contributed by atoms with E-state index in [0.29, 0.717) is 18.2 Å². The third-order valence-corrected chi connectivity index (χ3v) is 3.37. The Labute approximate surface area is 113 Å². The maximum Gasteiger partial charge on any atom is 0.352 e. The summed E-state index contributed by atoms with van der Waals surface area (Å²) in [6.45, 7) is 6.92. The molecule has 0 aliphatic rings. The van der Waals surface area contributed by atoms with Crippen LogP contribution in [0.2, 0.25) is 0 Å².